The Balaban J connectivity index is 1.68. The molecule has 0 atom stereocenters. The van der Waals surface area contributed by atoms with Crippen molar-refractivity contribution >= 4 is 38.9 Å². The predicted octanol–water partition coefficient (Wildman–Crippen LogP) is 3.03. The topological polar surface area (TPSA) is 51.1 Å². The van der Waals surface area contributed by atoms with E-state index in [0.29, 0.717) is 17.0 Å². The highest BCUT2D eigenvalue weighted by Crippen LogP contribution is 2.16. The Hall–Kier alpha value is -2.11. The van der Waals surface area contributed by atoms with Gasteiger partial charge < -0.3 is 9.88 Å². The van der Waals surface area contributed by atoms with Crippen LogP contribution in [-0.2, 0) is 17.9 Å². The third-order valence-electron chi connectivity index (χ3n) is 3.28. The number of rotatable bonds is 4. The van der Waals surface area contributed by atoms with E-state index < -0.39 is 0 Å². The van der Waals surface area contributed by atoms with E-state index in [0.717, 1.165) is 10.3 Å². The number of benzene rings is 1. The van der Waals surface area contributed by atoms with Gasteiger partial charge in [0.2, 0.25) is 5.91 Å². The molecule has 1 amide bonds. The predicted molar refractivity (Wildman–Crippen MR) is 89.4 cm³/mol. The van der Waals surface area contributed by atoms with Gasteiger partial charge in [-0.2, -0.15) is 0 Å². The second kappa shape index (κ2) is 6.34. The Labute approximate surface area is 136 Å². The van der Waals surface area contributed by atoms with Crippen LogP contribution in [0.2, 0.25) is 5.02 Å². The zero-order valence-corrected chi connectivity index (χ0v) is 13.2. The monoisotopic (exact) mass is 332 g/mol. The van der Waals surface area contributed by atoms with Gasteiger partial charge in [0.05, 0.1) is 5.39 Å². The summed E-state index contributed by atoms with van der Waals surface area (Å²) >= 11 is 7.41. The molecule has 0 aliphatic carbocycles. The second-order valence-corrected chi connectivity index (χ2v) is 6.24. The number of hydrogen-bond donors (Lipinski definition) is 1. The summed E-state index contributed by atoms with van der Waals surface area (Å²) in [6.07, 6.45) is 1.65. The smallest absolute Gasteiger partial charge is 0.259 e. The Morgan fingerprint density at radius 3 is 2.95 bits per heavy atom. The van der Waals surface area contributed by atoms with Gasteiger partial charge in [0.1, 0.15) is 6.54 Å². The molecule has 0 spiro atoms. The van der Waals surface area contributed by atoms with Crippen LogP contribution in [0.4, 0.5) is 0 Å². The number of pyridine rings is 1. The molecule has 0 aliphatic rings. The van der Waals surface area contributed by atoms with E-state index in [-0.39, 0.29) is 18.0 Å². The summed E-state index contributed by atoms with van der Waals surface area (Å²) < 4.78 is 2.35. The Kier molecular flexibility index (Phi) is 4.27. The highest BCUT2D eigenvalue weighted by atomic mass is 35.5. The first-order valence-electron chi connectivity index (χ1n) is 6.71. The number of carbonyl (C=O) groups is 1. The molecule has 2 aromatic heterocycles. The minimum absolute atomic E-state index is 0.00514. The molecule has 0 radical (unpaired) electrons. The summed E-state index contributed by atoms with van der Waals surface area (Å²) in [5.41, 5.74) is 0.776. The van der Waals surface area contributed by atoms with Gasteiger partial charge in [-0.25, -0.2) is 0 Å². The zero-order valence-electron chi connectivity index (χ0n) is 11.6. The third kappa shape index (κ3) is 3.21. The van der Waals surface area contributed by atoms with E-state index in [9.17, 15) is 9.59 Å². The van der Waals surface area contributed by atoms with Gasteiger partial charge in [-0.1, -0.05) is 23.7 Å². The molecule has 4 nitrogen and oxygen atoms in total. The lowest BCUT2D eigenvalue weighted by Crippen LogP contribution is -2.31. The lowest BCUT2D eigenvalue weighted by atomic mass is 10.2. The molecule has 1 N–H and O–H groups in total. The standard InChI is InChI=1S/C16H13ClN2O2S/c17-12-3-1-2-11(8-12)9-18-15(20)10-19-6-4-14-13(16(19)21)5-7-22-14/h1-8H,9-10H2,(H,18,20). The van der Waals surface area contributed by atoms with Crippen LogP contribution in [0.15, 0.2) is 52.8 Å². The zero-order chi connectivity index (χ0) is 15.5. The maximum atomic E-state index is 12.2. The maximum Gasteiger partial charge on any atom is 0.259 e. The molecule has 112 valence electrons. The largest absolute Gasteiger partial charge is 0.350 e. The van der Waals surface area contributed by atoms with E-state index in [1.165, 1.54) is 15.9 Å². The second-order valence-electron chi connectivity index (χ2n) is 4.85. The lowest BCUT2D eigenvalue weighted by molar-refractivity contribution is -0.121. The van der Waals surface area contributed by atoms with Crippen molar-refractivity contribution in [1.29, 1.82) is 0 Å². The Bertz CT molecular complexity index is 885. The van der Waals surface area contributed by atoms with Gasteiger partial charge in [0, 0.05) is 22.5 Å². The molecule has 2 heterocycles. The van der Waals surface area contributed by atoms with Crippen LogP contribution in [0.25, 0.3) is 10.1 Å². The van der Waals surface area contributed by atoms with E-state index in [1.54, 1.807) is 24.4 Å². The summed E-state index contributed by atoms with van der Waals surface area (Å²) in [4.78, 5) is 24.2. The molecule has 22 heavy (non-hydrogen) atoms. The normalized spacial score (nSPS) is 10.8. The van der Waals surface area contributed by atoms with Crippen molar-refractivity contribution in [2.24, 2.45) is 0 Å². The van der Waals surface area contributed by atoms with Crippen LogP contribution in [0.1, 0.15) is 5.56 Å². The molecule has 1 aromatic carbocycles. The number of carbonyl (C=O) groups excluding carboxylic acids is 1. The van der Waals surface area contributed by atoms with E-state index >= 15 is 0 Å². The lowest BCUT2D eigenvalue weighted by Gasteiger charge is -2.08. The maximum absolute atomic E-state index is 12.2. The minimum Gasteiger partial charge on any atom is -0.350 e. The molecular formula is C16H13ClN2O2S. The van der Waals surface area contributed by atoms with Gasteiger partial charge in [0.25, 0.3) is 5.56 Å². The number of amides is 1. The minimum atomic E-state index is -0.211. The Morgan fingerprint density at radius 1 is 1.27 bits per heavy atom. The van der Waals surface area contributed by atoms with Gasteiger partial charge in [-0.15, -0.1) is 11.3 Å². The van der Waals surface area contributed by atoms with Gasteiger partial charge in [-0.05, 0) is 35.2 Å². The van der Waals surface area contributed by atoms with Crippen LogP contribution in [0.3, 0.4) is 0 Å². The van der Waals surface area contributed by atoms with Crippen molar-refractivity contribution in [2.75, 3.05) is 0 Å². The molecule has 3 aromatic rings. The highest BCUT2D eigenvalue weighted by Gasteiger charge is 2.07. The summed E-state index contributed by atoms with van der Waals surface area (Å²) in [6, 6.07) is 10.9. The SMILES string of the molecule is O=C(Cn1ccc2sccc2c1=O)NCc1cccc(Cl)c1. The quantitative estimate of drug-likeness (QED) is 0.798. The van der Waals surface area contributed by atoms with E-state index in [4.69, 9.17) is 11.6 Å². The van der Waals surface area contributed by atoms with E-state index in [1.807, 2.05) is 23.6 Å². The molecule has 0 saturated heterocycles. The fourth-order valence-electron chi connectivity index (χ4n) is 2.19. The van der Waals surface area contributed by atoms with Crippen molar-refractivity contribution in [3.05, 3.63) is 68.9 Å². The molecule has 0 saturated carbocycles. The molecular weight excluding hydrogens is 320 g/mol. The summed E-state index contributed by atoms with van der Waals surface area (Å²) in [7, 11) is 0. The molecule has 6 heteroatoms. The van der Waals surface area contributed by atoms with Crippen molar-refractivity contribution in [3.63, 3.8) is 0 Å². The number of nitrogens with zero attached hydrogens (tertiary/aromatic N) is 1. The van der Waals surface area contributed by atoms with Gasteiger partial charge >= 0.3 is 0 Å². The van der Waals surface area contributed by atoms with Crippen LogP contribution < -0.4 is 10.9 Å². The van der Waals surface area contributed by atoms with Crippen molar-refractivity contribution in [2.45, 2.75) is 13.1 Å². The number of nitrogens with one attached hydrogen (secondary N) is 1. The molecule has 0 bridgehead atoms. The third-order valence-corrected chi connectivity index (χ3v) is 4.40. The first kappa shape index (κ1) is 14.8. The number of aromatic nitrogens is 1. The average Bonchev–Trinajstić information content (AvgIpc) is 2.98. The van der Waals surface area contributed by atoms with Crippen LogP contribution >= 0.6 is 22.9 Å². The molecule has 0 fully saturated rings. The summed E-state index contributed by atoms with van der Waals surface area (Å²) in [5, 5.41) is 5.94. The van der Waals surface area contributed by atoms with Crippen molar-refractivity contribution in [1.82, 2.24) is 9.88 Å². The average molecular weight is 333 g/mol. The number of hydrogen-bond acceptors (Lipinski definition) is 3. The summed E-state index contributed by atoms with van der Waals surface area (Å²) in [5.74, 6) is -0.211. The first-order valence-corrected chi connectivity index (χ1v) is 7.97. The number of fused-ring (bicyclic) bond motifs is 1. The first-order chi connectivity index (χ1) is 10.6. The fourth-order valence-corrected chi connectivity index (χ4v) is 3.17. The molecule has 0 unspecified atom stereocenters. The number of thiophene rings is 1. The summed E-state index contributed by atoms with van der Waals surface area (Å²) in [6.45, 7) is 0.389. The van der Waals surface area contributed by atoms with Crippen molar-refractivity contribution < 1.29 is 4.79 Å². The van der Waals surface area contributed by atoms with Crippen LogP contribution in [0.5, 0.6) is 0 Å². The highest BCUT2D eigenvalue weighted by molar-refractivity contribution is 7.17. The Morgan fingerprint density at radius 2 is 2.14 bits per heavy atom. The van der Waals surface area contributed by atoms with Crippen LogP contribution in [-0.4, -0.2) is 10.5 Å². The molecule has 3 rings (SSSR count). The van der Waals surface area contributed by atoms with Crippen LogP contribution in [0, 0.1) is 0 Å². The van der Waals surface area contributed by atoms with E-state index in [2.05, 4.69) is 5.32 Å². The van der Waals surface area contributed by atoms with Gasteiger partial charge in [-0.3, -0.25) is 9.59 Å². The number of halogens is 1. The molecule has 0 aliphatic heterocycles. The van der Waals surface area contributed by atoms with Gasteiger partial charge in [0.15, 0.2) is 0 Å². The fraction of sp³-hybridized carbons (Fsp3) is 0.125. The van der Waals surface area contributed by atoms with Crippen molar-refractivity contribution in [3.8, 4) is 0 Å².